The molecule has 1 aromatic rings. The SMILES string of the molecule is COc1cccc(CCON)c1OC1CN(C)C1. The molecule has 5 nitrogen and oxygen atoms in total. The van der Waals surface area contributed by atoms with E-state index in [1.807, 2.05) is 18.2 Å². The first-order chi connectivity index (χ1) is 8.74. The summed E-state index contributed by atoms with van der Waals surface area (Å²) in [6.45, 7) is 2.36. The first kappa shape index (κ1) is 13.1. The van der Waals surface area contributed by atoms with Crippen LogP contribution in [0.1, 0.15) is 5.56 Å². The summed E-state index contributed by atoms with van der Waals surface area (Å²) >= 11 is 0. The normalized spacial score (nSPS) is 16.4. The number of para-hydroxylation sites is 1. The van der Waals surface area contributed by atoms with Crippen molar-refractivity contribution in [2.24, 2.45) is 5.90 Å². The lowest BCUT2D eigenvalue weighted by molar-refractivity contribution is 0.0358. The quantitative estimate of drug-likeness (QED) is 0.760. The van der Waals surface area contributed by atoms with Crippen LogP contribution in [0.2, 0.25) is 0 Å². The number of nitrogens with two attached hydrogens (primary N) is 1. The van der Waals surface area contributed by atoms with E-state index in [-0.39, 0.29) is 6.10 Å². The van der Waals surface area contributed by atoms with Gasteiger partial charge in [-0.3, -0.25) is 4.90 Å². The average molecular weight is 252 g/mol. The molecule has 5 heteroatoms. The van der Waals surface area contributed by atoms with Gasteiger partial charge in [0.1, 0.15) is 6.10 Å². The predicted octanol–water partition coefficient (Wildman–Crippen LogP) is 0.821. The third kappa shape index (κ3) is 2.93. The zero-order valence-corrected chi connectivity index (χ0v) is 10.9. The van der Waals surface area contributed by atoms with E-state index in [2.05, 4.69) is 16.8 Å². The zero-order valence-electron chi connectivity index (χ0n) is 10.9. The molecule has 0 radical (unpaired) electrons. The number of likely N-dealkylation sites (tertiary alicyclic amines) is 1. The van der Waals surface area contributed by atoms with Gasteiger partial charge in [0, 0.05) is 25.1 Å². The largest absolute Gasteiger partial charge is 0.493 e. The van der Waals surface area contributed by atoms with E-state index in [0.717, 1.165) is 30.2 Å². The van der Waals surface area contributed by atoms with Gasteiger partial charge in [0.05, 0.1) is 13.7 Å². The van der Waals surface area contributed by atoms with Crippen molar-refractivity contribution in [2.75, 3.05) is 33.9 Å². The number of ether oxygens (including phenoxy) is 2. The number of hydrogen-bond donors (Lipinski definition) is 1. The van der Waals surface area contributed by atoms with Crippen LogP contribution in [0, 0.1) is 0 Å². The topological polar surface area (TPSA) is 57.0 Å². The Morgan fingerprint density at radius 3 is 2.78 bits per heavy atom. The molecule has 18 heavy (non-hydrogen) atoms. The molecule has 1 heterocycles. The Labute approximate surface area is 107 Å². The van der Waals surface area contributed by atoms with Crippen LogP contribution >= 0.6 is 0 Å². The number of hydrogen-bond acceptors (Lipinski definition) is 5. The molecule has 1 fully saturated rings. The summed E-state index contributed by atoms with van der Waals surface area (Å²) in [7, 11) is 3.73. The van der Waals surface area contributed by atoms with Crippen molar-refractivity contribution in [3.8, 4) is 11.5 Å². The first-order valence-corrected chi connectivity index (χ1v) is 6.07. The lowest BCUT2D eigenvalue weighted by Gasteiger charge is -2.36. The Kier molecular flexibility index (Phi) is 4.41. The minimum absolute atomic E-state index is 0.240. The van der Waals surface area contributed by atoms with E-state index >= 15 is 0 Å². The average Bonchev–Trinajstić information content (AvgIpc) is 2.35. The fourth-order valence-corrected chi connectivity index (χ4v) is 2.10. The molecule has 0 amide bonds. The van der Waals surface area contributed by atoms with Crippen molar-refractivity contribution in [3.05, 3.63) is 23.8 Å². The van der Waals surface area contributed by atoms with Gasteiger partial charge in [-0.25, -0.2) is 5.90 Å². The Morgan fingerprint density at radius 1 is 1.39 bits per heavy atom. The summed E-state index contributed by atoms with van der Waals surface area (Å²) in [5, 5.41) is 0. The van der Waals surface area contributed by atoms with Gasteiger partial charge in [-0.15, -0.1) is 0 Å². The van der Waals surface area contributed by atoms with Crippen molar-refractivity contribution >= 4 is 0 Å². The second-order valence-corrected chi connectivity index (χ2v) is 4.53. The van der Waals surface area contributed by atoms with Crippen LogP contribution in [0.25, 0.3) is 0 Å². The van der Waals surface area contributed by atoms with Gasteiger partial charge in [0.2, 0.25) is 0 Å². The lowest BCUT2D eigenvalue weighted by atomic mass is 10.1. The van der Waals surface area contributed by atoms with Gasteiger partial charge in [-0.1, -0.05) is 12.1 Å². The van der Waals surface area contributed by atoms with Crippen molar-refractivity contribution in [2.45, 2.75) is 12.5 Å². The fraction of sp³-hybridized carbons (Fsp3) is 0.538. The lowest BCUT2D eigenvalue weighted by Crippen LogP contribution is -2.51. The van der Waals surface area contributed by atoms with E-state index in [1.165, 1.54) is 0 Å². The molecule has 0 unspecified atom stereocenters. The minimum Gasteiger partial charge on any atom is -0.493 e. The number of nitrogens with zero attached hydrogens (tertiary/aromatic N) is 1. The van der Waals surface area contributed by atoms with Gasteiger partial charge in [-0.05, 0) is 13.1 Å². The summed E-state index contributed by atoms with van der Waals surface area (Å²) in [5.41, 5.74) is 1.06. The highest BCUT2D eigenvalue weighted by Crippen LogP contribution is 2.33. The van der Waals surface area contributed by atoms with Crippen molar-refractivity contribution in [1.29, 1.82) is 0 Å². The summed E-state index contributed by atoms with van der Waals surface area (Å²) in [5.74, 6) is 6.65. The predicted molar refractivity (Wildman–Crippen MR) is 68.8 cm³/mol. The van der Waals surface area contributed by atoms with Gasteiger partial charge in [-0.2, -0.15) is 0 Å². The molecule has 1 aliphatic heterocycles. The van der Waals surface area contributed by atoms with Crippen LogP contribution in [0.4, 0.5) is 0 Å². The maximum absolute atomic E-state index is 6.01. The molecule has 0 aromatic heterocycles. The second-order valence-electron chi connectivity index (χ2n) is 4.53. The van der Waals surface area contributed by atoms with Gasteiger partial charge in [0.25, 0.3) is 0 Å². The summed E-state index contributed by atoms with van der Waals surface area (Å²) in [6.07, 6.45) is 0.954. The van der Waals surface area contributed by atoms with Crippen LogP contribution in [0.3, 0.4) is 0 Å². The van der Waals surface area contributed by atoms with Gasteiger partial charge >= 0.3 is 0 Å². The van der Waals surface area contributed by atoms with E-state index in [1.54, 1.807) is 7.11 Å². The molecule has 100 valence electrons. The van der Waals surface area contributed by atoms with E-state index in [4.69, 9.17) is 15.4 Å². The second kappa shape index (κ2) is 6.04. The molecule has 1 saturated heterocycles. The molecule has 2 rings (SSSR count). The number of methoxy groups -OCH3 is 1. The number of benzene rings is 1. The van der Waals surface area contributed by atoms with Crippen LogP contribution in [0.5, 0.6) is 11.5 Å². The molecule has 1 aromatic carbocycles. The molecular weight excluding hydrogens is 232 g/mol. The molecule has 2 N–H and O–H groups in total. The maximum atomic E-state index is 6.01. The smallest absolute Gasteiger partial charge is 0.164 e. The summed E-state index contributed by atoms with van der Waals surface area (Å²) in [4.78, 5) is 6.84. The molecule has 0 atom stereocenters. The highest BCUT2D eigenvalue weighted by atomic mass is 16.6. The number of likely N-dealkylation sites (N-methyl/N-ethyl adjacent to an activating group) is 1. The third-order valence-corrected chi connectivity index (χ3v) is 3.08. The Hall–Kier alpha value is -1.30. The molecule has 0 bridgehead atoms. The van der Waals surface area contributed by atoms with Crippen LogP contribution in [0.15, 0.2) is 18.2 Å². The van der Waals surface area contributed by atoms with Gasteiger partial charge in [0.15, 0.2) is 11.5 Å². The van der Waals surface area contributed by atoms with Crippen molar-refractivity contribution < 1.29 is 14.3 Å². The molecular formula is C13H20N2O3. The Bertz CT molecular complexity index is 392. The molecule has 0 spiro atoms. The van der Waals surface area contributed by atoms with E-state index in [9.17, 15) is 0 Å². The summed E-state index contributed by atoms with van der Waals surface area (Å²) in [6, 6.07) is 5.87. The first-order valence-electron chi connectivity index (χ1n) is 6.07. The highest BCUT2D eigenvalue weighted by molar-refractivity contribution is 5.47. The Morgan fingerprint density at radius 2 is 2.17 bits per heavy atom. The van der Waals surface area contributed by atoms with Gasteiger partial charge < -0.3 is 14.3 Å². The molecule has 1 aliphatic rings. The fourth-order valence-electron chi connectivity index (χ4n) is 2.10. The van der Waals surface area contributed by atoms with Crippen LogP contribution in [-0.4, -0.2) is 44.9 Å². The van der Waals surface area contributed by atoms with E-state index < -0.39 is 0 Å². The van der Waals surface area contributed by atoms with E-state index in [0.29, 0.717) is 13.0 Å². The highest BCUT2D eigenvalue weighted by Gasteiger charge is 2.26. The maximum Gasteiger partial charge on any atom is 0.164 e. The number of rotatable bonds is 6. The summed E-state index contributed by atoms with van der Waals surface area (Å²) < 4.78 is 11.4. The third-order valence-electron chi connectivity index (χ3n) is 3.08. The standard InChI is InChI=1S/C13H20N2O3/c1-15-8-11(9-15)18-13-10(6-7-17-14)4-3-5-12(13)16-2/h3-5,11H,6-9,14H2,1-2H3. The Balaban J connectivity index is 2.12. The van der Waals surface area contributed by atoms with Crippen molar-refractivity contribution in [3.63, 3.8) is 0 Å². The zero-order chi connectivity index (χ0) is 13.0. The van der Waals surface area contributed by atoms with Crippen molar-refractivity contribution in [1.82, 2.24) is 4.90 Å². The molecule has 0 aliphatic carbocycles. The van der Waals surface area contributed by atoms with Crippen LogP contribution in [-0.2, 0) is 11.3 Å². The monoisotopic (exact) mass is 252 g/mol. The van der Waals surface area contributed by atoms with Crippen LogP contribution < -0.4 is 15.4 Å². The molecule has 0 saturated carbocycles. The minimum atomic E-state index is 0.240.